The number of nitrogens with one attached hydrogen (secondary N) is 1. The van der Waals surface area contributed by atoms with Crippen molar-refractivity contribution < 1.29 is 19.2 Å². The van der Waals surface area contributed by atoms with Gasteiger partial charge in [-0.25, -0.2) is 4.99 Å². The van der Waals surface area contributed by atoms with E-state index in [0.717, 1.165) is 42.9 Å². The lowest BCUT2D eigenvalue weighted by Gasteiger charge is -2.29. The van der Waals surface area contributed by atoms with Crippen LogP contribution in [0.2, 0.25) is 4.34 Å². The van der Waals surface area contributed by atoms with Gasteiger partial charge in [-0.05, 0) is 49.6 Å². The number of likely N-dealkylation sites (tertiary alicyclic amines) is 1. The van der Waals surface area contributed by atoms with Crippen LogP contribution in [0.5, 0.6) is 0 Å². The maximum absolute atomic E-state index is 12.2. The van der Waals surface area contributed by atoms with E-state index >= 15 is 0 Å². The molecule has 2 aromatic rings. The van der Waals surface area contributed by atoms with Crippen LogP contribution in [0.1, 0.15) is 41.4 Å². The number of amides is 1. The molecule has 0 bridgehead atoms. The topological polar surface area (TPSA) is 92.6 Å². The van der Waals surface area contributed by atoms with E-state index < -0.39 is 0 Å². The molecule has 1 fully saturated rings. The number of esters is 1. The molecule has 0 radical (unpaired) electrons. The number of ether oxygens (including phenoxy) is 1. The summed E-state index contributed by atoms with van der Waals surface area (Å²) in [5, 5.41) is 7.05. The molecule has 8 nitrogen and oxygen atoms in total. The first-order chi connectivity index (χ1) is 16.5. The zero-order valence-electron chi connectivity index (χ0n) is 18.9. The molecule has 34 heavy (non-hydrogen) atoms. The number of halogens is 1. The Balaban J connectivity index is 1.22. The first-order valence-corrected chi connectivity index (χ1v) is 12.5. The molecule has 1 amide bonds. The lowest BCUT2D eigenvalue weighted by atomic mass is 9.97. The third kappa shape index (κ3) is 6.36. The molecule has 1 saturated heterocycles. The van der Waals surface area contributed by atoms with E-state index in [9.17, 15) is 9.59 Å². The molecule has 0 spiro atoms. The summed E-state index contributed by atoms with van der Waals surface area (Å²) >= 11 is 7.13. The van der Waals surface area contributed by atoms with Crippen molar-refractivity contribution in [3.05, 3.63) is 51.2 Å². The highest BCUT2D eigenvalue weighted by Crippen LogP contribution is 2.23. The third-order valence-corrected chi connectivity index (χ3v) is 6.97. The van der Waals surface area contributed by atoms with Gasteiger partial charge < -0.3 is 19.8 Å². The second-order valence-electron chi connectivity index (χ2n) is 8.14. The summed E-state index contributed by atoms with van der Waals surface area (Å²) in [6.45, 7) is 4.21. The summed E-state index contributed by atoms with van der Waals surface area (Å²) in [6.07, 6.45) is 3.82. The highest BCUT2D eigenvalue weighted by atomic mass is 35.5. The maximum atomic E-state index is 12.2. The average Bonchev–Trinajstić information content (AvgIpc) is 3.51. The smallest absolute Gasteiger partial charge is 0.309 e. The molecule has 1 unspecified atom stereocenters. The van der Waals surface area contributed by atoms with Gasteiger partial charge in [0.15, 0.2) is 0 Å². The Morgan fingerprint density at radius 1 is 1.26 bits per heavy atom. The lowest BCUT2D eigenvalue weighted by molar-refractivity contribution is -0.149. The molecule has 2 aliphatic rings. The number of piperidine rings is 1. The van der Waals surface area contributed by atoms with Gasteiger partial charge in [-0.1, -0.05) is 28.9 Å². The highest BCUT2D eigenvalue weighted by molar-refractivity contribution is 7.18. The molecule has 1 N–H and O–H groups in total. The molecular weight excluding hydrogens is 476 g/mol. The van der Waals surface area contributed by atoms with Gasteiger partial charge in [-0.3, -0.25) is 9.59 Å². The molecule has 1 aromatic heterocycles. The van der Waals surface area contributed by atoms with Gasteiger partial charge in [0.1, 0.15) is 6.10 Å². The number of hydrogen-bond donors (Lipinski definition) is 1. The van der Waals surface area contributed by atoms with Crippen LogP contribution in [0.3, 0.4) is 0 Å². The first-order valence-electron chi connectivity index (χ1n) is 11.3. The molecular formula is C24H27ClN4O4S. The maximum Gasteiger partial charge on any atom is 0.309 e. The molecule has 0 aliphatic carbocycles. The van der Waals surface area contributed by atoms with Crippen LogP contribution in [0.25, 0.3) is 0 Å². The van der Waals surface area contributed by atoms with Crippen LogP contribution in [-0.4, -0.2) is 61.2 Å². The summed E-state index contributed by atoms with van der Waals surface area (Å²) in [4.78, 5) is 36.8. The summed E-state index contributed by atoms with van der Waals surface area (Å²) in [6, 6.07) is 11.2. The van der Waals surface area contributed by atoms with E-state index in [1.54, 1.807) is 12.1 Å². The van der Waals surface area contributed by atoms with E-state index in [0.29, 0.717) is 28.8 Å². The van der Waals surface area contributed by atoms with Gasteiger partial charge in [0.25, 0.3) is 5.91 Å². The summed E-state index contributed by atoms with van der Waals surface area (Å²) in [7, 11) is 0. The molecule has 180 valence electrons. The van der Waals surface area contributed by atoms with Crippen LogP contribution in [-0.2, 0) is 14.4 Å². The van der Waals surface area contributed by atoms with E-state index in [1.165, 1.54) is 11.3 Å². The normalized spacial score (nSPS) is 18.6. The quantitative estimate of drug-likeness (QED) is 0.331. The number of carbonyl (C=O) groups excluding carboxylic acids is 2. The Morgan fingerprint density at radius 2 is 2.03 bits per heavy atom. The Morgan fingerprint density at radius 3 is 2.71 bits per heavy atom. The zero-order valence-corrected chi connectivity index (χ0v) is 20.5. The van der Waals surface area contributed by atoms with Gasteiger partial charge in [0.2, 0.25) is 0 Å². The Labute approximate surface area is 207 Å². The highest BCUT2D eigenvalue weighted by Gasteiger charge is 2.25. The number of hydrogen-bond acceptors (Lipinski definition) is 7. The summed E-state index contributed by atoms with van der Waals surface area (Å²) in [5.74, 6) is -0.267. The second kappa shape index (κ2) is 11.5. The van der Waals surface area contributed by atoms with Crippen molar-refractivity contribution in [2.75, 3.05) is 26.2 Å². The van der Waals surface area contributed by atoms with Crippen LogP contribution in [0.15, 0.2) is 46.5 Å². The lowest BCUT2D eigenvalue weighted by Crippen LogP contribution is -2.36. The first kappa shape index (κ1) is 24.2. The minimum absolute atomic E-state index is 0.00961. The zero-order chi connectivity index (χ0) is 23.9. The van der Waals surface area contributed by atoms with Gasteiger partial charge in [0, 0.05) is 19.5 Å². The Kier molecular flexibility index (Phi) is 8.18. The molecule has 3 heterocycles. The van der Waals surface area contributed by atoms with Gasteiger partial charge in [0.05, 0.1) is 46.0 Å². The van der Waals surface area contributed by atoms with Crippen molar-refractivity contribution in [2.45, 2.75) is 32.3 Å². The summed E-state index contributed by atoms with van der Waals surface area (Å²) < 4.78 is 5.70. The fourth-order valence-corrected chi connectivity index (χ4v) is 4.80. The van der Waals surface area contributed by atoms with Gasteiger partial charge in [-0.15, -0.1) is 11.3 Å². The molecule has 2 aliphatic heterocycles. The summed E-state index contributed by atoms with van der Waals surface area (Å²) in [5.41, 5.74) is 2.65. The fraction of sp³-hybridized carbons (Fsp3) is 0.417. The molecule has 10 heteroatoms. The van der Waals surface area contributed by atoms with Crippen molar-refractivity contribution in [1.29, 1.82) is 0 Å². The Bertz CT molecular complexity index is 1060. The number of oxime groups is 1. The number of rotatable bonds is 8. The van der Waals surface area contributed by atoms with E-state index in [-0.39, 0.29) is 23.9 Å². The minimum Gasteiger partial charge on any atom is -0.466 e. The molecule has 1 aromatic carbocycles. The Hall–Kier alpha value is -2.91. The van der Waals surface area contributed by atoms with Crippen molar-refractivity contribution in [3.63, 3.8) is 0 Å². The van der Waals surface area contributed by atoms with Crippen molar-refractivity contribution in [1.82, 2.24) is 10.2 Å². The average molecular weight is 503 g/mol. The molecule has 4 rings (SSSR count). The number of aliphatic imine (C=N–C) groups is 1. The SMILES string of the molecule is CCOC(=O)C1CCN(/C=N/c2ccc(C3=NOC(CNC(=O)c4ccc(Cl)s4)C3)cc2)CC1. The largest absolute Gasteiger partial charge is 0.466 e. The van der Waals surface area contributed by atoms with Crippen molar-refractivity contribution in [3.8, 4) is 0 Å². The van der Waals surface area contributed by atoms with Gasteiger partial charge in [-0.2, -0.15) is 0 Å². The number of thiophene rings is 1. The minimum atomic E-state index is -0.204. The second-order valence-corrected chi connectivity index (χ2v) is 9.85. The van der Waals surface area contributed by atoms with Crippen LogP contribution in [0, 0.1) is 5.92 Å². The van der Waals surface area contributed by atoms with E-state index in [2.05, 4.69) is 20.4 Å². The molecule has 0 saturated carbocycles. The van der Waals surface area contributed by atoms with Gasteiger partial charge >= 0.3 is 5.97 Å². The number of nitrogens with zero attached hydrogens (tertiary/aromatic N) is 3. The van der Waals surface area contributed by atoms with Crippen LogP contribution in [0.4, 0.5) is 5.69 Å². The fourth-order valence-electron chi connectivity index (χ4n) is 3.84. The van der Waals surface area contributed by atoms with Crippen LogP contribution < -0.4 is 5.32 Å². The monoisotopic (exact) mass is 502 g/mol. The van der Waals surface area contributed by atoms with Crippen molar-refractivity contribution in [2.24, 2.45) is 16.1 Å². The van der Waals surface area contributed by atoms with Crippen molar-refractivity contribution >= 4 is 52.6 Å². The number of carbonyl (C=O) groups is 2. The third-order valence-electron chi connectivity index (χ3n) is 5.74. The molecule has 1 atom stereocenters. The predicted octanol–water partition coefficient (Wildman–Crippen LogP) is 4.26. The van der Waals surface area contributed by atoms with E-state index in [1.807, 2.05) is 37.5 Å². The van der Waals surface area contributed by atoms with Crippen LogP contribution >= 0.6 is 22.9 Å². The standard InChI is InChI=1S/C24H27ClN4O4S/c1-2-32-24(31)17-9-11-29(12-10-17)15-27-18-5-3-16(4-6-18)20-13-19(33-28-20)14-26-23(30)21-7-8-22(25)34-21/h3-8,15,17,19H,2,9-14H2,1H3,(H,26,30)/b27-15+. The van der Waals surface area contributed by atoms with E-state index in [4.69, 9.17) is 21.2 Å². The predicted molar refractivity (Wildman–Crippen MR) is 133 cm³/mol. The number of benzene rings is 1.